The monoisotopic (exact) mass is 166 g/mol. The van der Waals surface area contributed by atoms with Crippen LogP contribution in [0, 0.1) is 11.3 Å². The minimum atomic E-state index is 0.397. The van der Waals surface area contributed by atoms with Crippen LogP contribution in [0.1, 0.15) is 0 Å². The smallest absolute Gasteiger partial charge is 0.157 e. The van der Waals surface area contributed by atoms with Crippen molar-refractivity contribution in [1.82, 2.24) is 9.80 Å². The van der Waals surface area contributed by atoms with Gasteiger partial charge in [0, 0.05) is 34.4 Å². The van der Waals surface area contributed by atoms with Gasteiger partial charge in [-0.3, -0.25) is 0 Å². The molecule has 12 heavy (non-hydrogen) atoms. The van der Waals surface area contributed by atoms with Crippen LogP contribution in [0.5, 0.6) is 0 Å². The van der Waals surface area contributed by atoms with Crippen LogP contribution < -0.4 is 0 Å². The fourth-order valence-electron chi connectivity index (χ4n) is 0.513. The Kier molecular flexibility index (Phi) is 4.54. The maximum atomic E-state index is 8.61. The van der Waals surface area contributed by atoms with Gasteiger partial charge >= 0.3 is 0 Å². The van der Waals surface area contributed by atoms with Crippen LogP contribution >= 0.6 is 0 Å². The minimum absolute atomic E-state index is 0.397. The van der Waals surface area contributed by atoms with E-state index in [1.807, 2.05) is 34.3 Å². The lowest BCUT2D eigenvalue weighted by Gasteiger charge is -2.04. The molecule has 0 aromatic rings. The Morgan fingerprint density at radius 2 is 1.83 bits per heavy atom. The summed E-state index contributed by atoms with van der Waals surface area (Å²) < 4.78 is 0. The van der Waals surface area contributed by atoms with Gasteiger partial charge in [-0.05, 0) is 0 Å². The molecule has 0 rings (SSSR count). The Hall–Kier alpha value is -1.50. The van der Waals surface area contributed by atoms with Crippen molar-refractivity contribution >= 4 is 6.34 Å². The van der Waals surface area contributed by atoms with Crippen LogP contribution in [-0.2, 0) is 0 Å². The molecule has 0 aromatic heterocycles. The Bertz CT molecular complexity index is 220. The lowest BCUT2D eigenvalue weighted by atomic mass is 10.5. The Labute approximate surface area is 73.4 Å². The fraction of sp³-hybridized carbons (Fsp3) is 0.500. The third-order valence-corrected chi connectivity index (χ3v) is 0.923. The third-order valence-electron chi connectivity index (χ3n) is 0.923. The molecule has 0 aromatic carbocycles. The molecule has 0 aliphatic heterocycles. The van der Waals surface area contributed by atoms with Gasteiger partial charge in [0.1, 0.15) is 6.07 Å². The molecule has 0 aliphatic rings. The second kappa shape index (κ2) is 5.19. The first kappa shape index (κ1) is 10.5. The zero-order valence-corrected chi connectivity index (χ0v) is 7.94. The van der Waals surface area contributed by atoms with Crippen LogP contribution in [0.15, 0.2) is 16.9 Å². The van der Waals surface area contributed by atoms with Crippen molar-refractivity contribution in [2.75, 3.05) is 28.2 Å². The summed E-state index contributed by atoms with van der Waals surface area (Å²) in [6, 6.07) is 1.98. The number of hydrogen-bond acceptors (Lipinski definition) is 3. The summed E-state index contributed by atoms with van der Waals surface area (Å²) in [6.45, 7) is 0. The van der Waals surface area contributed by atoms with Crippen molar-refractivity contribution in [3.8, 4) is 6.07 Å². The highest BCUT2D eigenvalue weighted by Crippen LogP contribution is 1.94. The maximum Gasteiger partial charge on any atom is 0.157 e. The van der Waals surface area contributed by atoms with Gasteiger partial charge in [0.05, 0.1) is 6.34 Å². The number of allylic oxidation sites excluding steroid dienone is 1. The molecule has 4 heteroatoms. The van der Waals surface area contributed by atoms with Crippen LogP contribution in [0.25, 0.3) is 0 Å². The summed E-state index contributed by atoms with van der Waals surface area (Å²) in [4.78, 5) is 7.50. The normalized spacial score (nSPS) is 11.4. The van der Waals surface area contributed by atoms with Crippen molar-refractivity contribution in [3.63, 3.8) is 0 Å². The topological polar surface area (TPSA) is 42.6 Å². The lowest BCUT2D eigenvalue weighted by molar-refractivity contribution is 0.559. The summed E-state index contributed by atoms with van der Waals surface area (Å²) in [5.41, 5.74) is 0.397. The van der Waals surface area contributed by atoms with Gasteiger partial charge in [0.25, 0.3) is 0 Å². The highest BCUT2D eigenvalue weighted by atomic mass is 15.1. The SMILES string of the molecule is CN(C)/C=N/C(C#N)=C/N(C)C. The molecule has 0 saturated heterocycles. The Morgan fingerprint density at radius 3 is 2.17 bits per heavy atom. The van der Waals surface area contributed by atoms with E-state index in [1.165, 1.54) is 0 Å². The molecule has 0 N–H and O–H groups in total. The Balaban J connectivity index is 4.30. The summed E-state index contributed by atoms with van der Waals surface area (Å²) in [5.74, 6) is 0. The van der Waals surface area contributed by atoms with Gasteiger partial charge in [-0.25, -0.2) is 4.99 Å². The van der Waals surface area contributed by atoms with Crippen molar-refractivity contribution in [2.24, 2.45) is 4.99 Å². The number of rotatable bonds is 3. The Morgan fingerprint density at radius 1 is 1.25 bits per heavy atom. The molecule has 0 radical (unpaired) electrons. The second-order valence-electron chi connectivity index (χ2n) is 2.80. The predicted octanol–water partition coefficient (Wildman–Crippen LogP) is 0.503. The summed E-state index contributed by atoms with van der Waals surface area (Å²) in [7, 11) is 7.41. The molecule has 0 bridgehead atoms. The van der Waals surface area contributed by atoms with Crippen molar-refractivity contribution in [3.05, 3.63) is 11.9 Å². The molecule has 0 atom stereocenters. The van der Waals surface area contributed by atoms with Crippen LogP contribution in [0.3, 0.4) is 0 Å². The van der Waals surface area contributed by atoms with E-state index in [2.05, 4.69) is 4.99 Å². The predicted molar refractivity (Wildman–Crippen MR) is 49.6 cm³/mol. The van der Waals surface area contributed by atoms with Crippen LogP contribution in [0.4, 0.5) is 0 Å². The molecule has 0 saturated carbocycles. The number of aliphatic imine (C=N–C) groups is 1. The second-order valence-corrected chi connectivity index (χ2v) is 2.80. The average Bonchev–Trinajstić information content (AvgIpc) is 1.97. The number of nitrogens with zero attached hydrogens (tertiary/aromatic N) is 4. The van der Waals surface area contributed by atoms with E-state index in [1.54, 1.807) is 22.3 Å². The van der Waals surface area contributed by atoms with Crippen molar-refractivity contribution in [2.45, 2.75) is 0 Å². The van der Waals surface area contributed by atoms with Crippen LogP contribution in [0.2, 0.25) is 0 Å². The van der Waals surface area contributed by atoms with Crippen molar-refractivity contribution in [1.29, 1.82) is 5.26 Å². The molecular formula is C8H14N4. The zero-order valence-electron chi connectivity index (χ0n) is 7.94. The van der Waals surface area contributed by atoms with E-state index in [0.717, 1.165) is 0 Å². The maximum absolute atomic E-state index is 8.61. The third kappa shape index (κ3) is 5.30. The molecule has 66 valence electrons. The highest BCUT2D eigenvalue weighted by Gasteiger charge is 1.90. The molecule has 0 fully saturated rings. The number of hydrogen-bond donors (Lipinski definition) is 0. The quantitative estimate of drug-likeness (QED) is 0.348. The minimum Gasteiger partial charge on any atom is -0.381 e. The number of nitriles is 1. The van der Waals surface area contributed by atoms with E-state index >= 15 is 0 Å². The van der Waals surface area contributed by atoms with Gasteiger partial charge in [0.2, 0.25) is 0 Å². The standard InChI is InChI=1S/C8H14N4/c1-11(2)6-8(5-9)10-7-12(3)4/h6-7H,1-4H3/b8-6+,10-7+. The van der Waals surface area contributed by atoms with Gasteiger partial charge in [-0.1, -0.05) is 0 Å². The molecule has 0 heterocycles. The zero-order chi connectivity index (χ0) is 9.56. The van der Waals surface area contributed by atoms with Crippen LogP contribution in [-0.4, -0.2) is 44.3 Å². The lowest BCUT2D eigenvalue weighted by Crippen LogP contribution is -2.08. The molecule has 0 aliphatic carbocycles. The van der Waals surface area contributed by atoms with Gasteiger partial charge < -0.3 is 9.80 Å². The summed E-state index contributed by atoms with van der Waals surface area (Å²) in [6.07, 6.45) is 3.26. The van der Waals surface area contributed by atoms with Gasteiger partial charge in [-0.15, -0.1) is 0 Å². The van der Waals surface area contributed by atoms with Gasteiger partial charge in [0.15, 0.2) is 5.70 Å². The first-order valence-corrected chi connectivity index (χ1v) is 3.55. The van der Waals surface area contributed by atoms with E-state index < -0.39 is 0 Å². The van der Waals surface area contributed by atoms with Crippen molar-refractivity contribution < 1.29 is 0 Å². The fourth-order valence-corrected chi connectivity index (χ4v) is 0.513. The first-order chi connectivity index (χ1) is 5.56. The molecule has 0 spiro atoms. The van der Waals surface area contributed by atoms with E-state index in [9.17, 15) is 0 Å². The molecule has 4 nitrogen and oxygen atoms in total. The largest absolute Gasteiger partial charge is 0.381 e. The van der Waals surface area contributed by atoms with E-state index in [4.69, 9.17) is 5.26 Å². The van der Waals surface area contributed by atoms with E-state index in [-0.39, 0.29) is 0 Å². The molecule has 0 unspecified atom stereocenters. The van der Waals surface area contributed by atoms with E-state index in [0.29, 0.717) is 5.70 Å². The average molecular weight is 166 g/mol. The summed E-state index contributed by atoms with van der Waals surface area (Å²) >= 11 is 0. The first-order valence-electron chi connectivity index (χ1n) is 3.55. The molecule has 0 amide bonds. The molecular weight excluding hydrogens is 152 g/mol. The highest BCUT2D eigenvalue weighted by molar-refractivity contribution is 5.56. The van der Waals surface area contributed by atoms with Gasteiger partial charge in [-0.2, -0.15) is 5.26 Å². The summed E-state index contributed by atoms with van der Waals surface area (Å²) in [5, 5.41) is 8.61.